The van der Waals surface area contributed by atoms with Crippen LogP contribution in [0, 0.1) is 0 Å². The molecule has 0 spiro atoms. The fourth-order valence-electron chi connectivity index (χ4n) is 1.58. The Hall–Kier alpha value is -2.43. The number of ether oxygens (including phenoxy) is 1. The minimum Gasteiger partial charge on any atom is -0.481 e. The molecule has 0 bridgehead atoms. The van der Waals surface area contributed by atoms with Crippen LogP contribution in [0.15, 0.2) is 47.1 Å². The summed E-state index contributed by atoms with van der Waals surface area (Å²) in [6, 6.07) is 10.5. The van der Waals surface area contributed by atoms with Gasteiger partial charge < -0.3 is 20.2 Å². The fourth-order valence-corrected chi connectivity index (χ4v) is 1.58. The van der Waals surface area contributed by atoms with E-state index >= 15 is 0 Å². The molecule has 1 unspecified atom stereocenters. The molecule has 0 aliphatic heterocycles. The molecule has 0 fully saturated rings. The number of nitrogens with one attached hydrogen (secondary N) is 1. The Balaban J connectivity index is 1.85. The highest BCUT2D eigenvalue weighted by Gasteiger charge is 2.14. The molecule has 2 aromatic rings. The van der Waals surface area contributed by atoms with E-state index in [1.54, 1.807) is 49.6 Å². The van der Waals surface area contributed by atoms with Crippen LogP contribution in [-0.2, 0) is 11.3 Å². The maximum absolute atomic E-state index is 11.8. The summed E-state index contributed by atoms with van der Waals surface area (Å²) in [4.78, 5) is 11.8. The Bertz CT molecular complexity index is 537. The van der Waals surface area contributed by atoms with Gasteiger partial charge in [-0.15, -0.1) is 0 Å². The van der Waals surface area contributed by atoms with Gasteiger partial charge in [-0.25, -0.2) is 0 Å². The largest absolute Gasteiger partial charge is 0.481 e. The van der Waals surface area contributed by atoms with Crippen LogP contribution in [0.25, 0.3) is 0 Å². The maximum atomic E-state index is 11.8. The number of carbonyl (C=O) groups excluding carboxylic acids is 1. The molecule has 0 saturated heterocycles. The van der Waals surface area contributed by atoms with Gasteiger partial charge in [0.25, 0.3) is 5.91 Å². The van der Waals surface area contributed by atoms with Crippen molar-refractivity contribution in [3.63, 3.8) is 0 Å². The summed E-state index contributed by atoms with van der Waals surface area (Å²) in [6.45, 7) is 2.02. The minimum atomic E-state index is -0.600. The van der Waals surface area contributed by atoms with Crippen LogP contribution in [0.3, 0.4) is 0 Å². The zero-order valence-corrected chi connectivity index (χ0v) is 10.6. The SMILES string of the molecule is CC(Oc1cccc(N)c1)C(=O)NCc1ccco1. The predicted octanol–water partition coefficient (Wildman–Crippen LogP) is 1.95. The summed E-state index contributed by atoms with van der Waals surface area (Å²) >= 11 is 0. The van der Waals surface area contributed by atoms with Crippen molar-refractivity contribution in [2.24, 2.45) is 0 Å². The van der Waals surface area contributed by atoms with Crippen molar-refractivity contribution in [3.8, 4) is 5.75 Å². The molecule has 0 saturated carbocycles. The van der Waals surface area contributed by atoms with E-state index in [9.17, 15) is 4.79 Å². The van der Waals surface area contributed by atoms with Crippen molar-refractivity contribution in [1.29, 1.82) is 0 Å². The number of amides is 1. The van der Waals surface area contributed by atoms with Crippen LogP contribution < -0.4 is 15.8 Å². The lowest BCUT2D eigenvalue weighted by Crippen LogP contribution is -2.35. The molecule has 0 aliphatic rings. The first-order valence-corrected chi connectivity index (χ1v) is 5.97. The van der Waals surface area contributed by atoms with Gasteiger partial charge in [-0.1, -0.05) is 6.07 Å². The first-order chi connectivity index (χ1) is 9.15. The normalized spacial score (nSPS) is 11.8. The summed E-state index contributed by atoms with van der Waals surface area (Å²) in [5.41, 5.74) is 6.24. The third-order valence-corrected chi connectivity index (χ3v) is 2.56. The van der Waals surface area contributed by atoms with E-state index in [0.29, 0.717) is 23.7 Å². The molecule has 1 aromatic carbocycles. The van der Waals surface area contributed by atoms with Gasteiger partial charge in [0.05, 0.1) is 12.8 Å². The van der Waals surface area contributed by atoms with Crippen LogP contribution in [0.1, 0.15) is 12.7 Å². The average molecular weight is 260 g/mol. The number of carbonyl (C=O) groups is 1. The fraction of sp³-hybridized carbons (Fsp3) is 0.214. The molecule has 1 heterocycles. The molecule has 0 radical (unpaired) electrons. The van der Waals surface area contributed by atoms with Gasteiger partial charge in [0.2, 0.25) is 0 Å². The van der Waals surface area contributed by atoms with Crippen molar-refractivity contribution in [2.75, 3.05) is 5.73 Å². The summed E-state index contributed by atoms with van der Waals surface area (Å²) in [5.74, 6) is 1.06. The first kappa shape index (κ1) is 13.0. The van der Waals surface area contributed by atoms with Gasteiger partial charge in [0.1, 0.15) is 11.5 Å². The lowest BCUT2D eigenvalue weighted by Gasteiger charge is -2.14. The van der Waals surface area contributed by atoms with E-state index in [4.69, 9.17) is 14.9 Å². The smallest absolute Gasteiger partial charge is 0.261 e. The van der Waals surface area contributed by atoms with Gasteiger partial charge in [0.15, 0.2) is 6.10 Å². The third kappa shape index (κ3) is 3.77. The number of benzene rings is 1. The number of anilines is 1. The average Bonchev–Trinajstić information content (AvgIpc) is 2.89. The van der Waals surface area contributed by atoms with E-state index in [2.05, 4.69) is 5.32 Å². The van der Waals surface area contributed by atoms with Gasteiger partial charge >= 0.3 is 0 Å². The number of nitrogens with two attached hydrogens (primary N) is 1. The van der Waals surface area contributed by atoms with Gasteiger partial charge in [0, 0.05) is 11.8 Å². The Morgan fingerprint density at radius 1 is 1.42 bits per heavy atom. The predicted molar refractivity (Wildman–Crippen MR) is 71.5 cm³/mol. The zero-order chi connectivity index (χ0) is 13.7. The highest BCUT2D eigenvalue weighted by molar-refractivity contribution is 5.80. The molecule has 1 atom stereocenters. The molecule has 0 aliphatic carbocycles. The lowest BCUT2D eigenvalue weighted by atomic mass is 10.3. The topological polar surface area (TPSA) is 77.5 Å². The molecule has 100 valence electrons. The molecular weight excluding hydrogens is 244 g/mol. The second-order valence-electron chi connectivity index (χ2n) is 4.13. The standard InChI is InChI=1S/C14H16N2O3/c1-10(19-12-5-2-4-11(15)8-12)14(17)16-9-13-6-3-7-18-13/h2-8,10H,9,15H2,1H3,(H,16,17). The van der Waals surface area contributed by atoms with E-state index in [0.717, 1.165) is 0 Å². The minimum absolute atomic E-state index is 0.209. The maximum Gasteiger partial charge on any atom is 0.261 e. The molecule has 19 heavy (non-hydrogen) atoms. The number of rotatable bonds is 5. The number of nitrogen functional groups attached to an aromatic ring is 1. The van der Waals surface area contributed by atoms with Crippen LogP contribution in [0.4, 0.5) is 5.69 Å². The van der Waals surface area contributed by atoms with Crippen molar-refractivity contribution in [1.82, 2.24) is 5.32 Å². The highest BCUT2D eigenvalue weighted by Crippen LogP contribution is 2.16. The van der Waals surface area contributed by atoms with Crippen LogP contribution in [-0.4, -0.2) is 12.0 Å². The molecular formula is C14H16N2O3. The second-order valence-corrected chi connectivity index (χ2v) is 4.13. The van der Waals surface area contributed by atoms with E-state index in [1.807, 2.05) is 0 Å². The molecule has 1 amide bonds. The van der Waals surface area contributed by atoms with E-state index in [-0.39, 0.29) is 5.91 Å². The number of hydrogen-bond donors (Lipinski definition) is 2. The molecule has 3 N–H and O–H groups in total. The van der Waals surface area contributed by atoms with Crippen LogP contribution >= 0.6 is 0 Å². The Kier molecular flexibility index (Phi) is 4.07. The van der Waals surface area contributed by atoms with Crippen LogP contribution in [0.5, 0.6) is 5.75 Å². The first-order valence-electron chi connectivity index (χ1n) is 5.97. The monoisotopic (exact) mass is 260 g/mol. The quantitative estimate of drug-likeness (QED) is 0.805. The summed E-state index contributed by atoms with van der Waals surface area (Å²) in [6.07, 6.45) is 0.963. The Morgan fingerprint density at radius 2 is 2.26 bits per heavy atom. The molecule has 5 nitrogen and oxygen atoms in total. The Labute approximate surface area is 111 Å². The number of furan rings is 1. The molecule has 5 heteroatoms. The van der Waals surface area contributed by atoms with Crippen molar-refractivity contribution >= 4 is 11.6 Å². The molecule has 2 rings (SSSR count). The van der Waals surface area contributed by atoms with Crippen molar-refractivity contribution in [2.45, 2.75) is 19.6 Å². The van der Waals surface area contributed by atoms with Gasteiger partial charge in [-0.05, 0) is 31.2 Å². The van der Waals surface area contributed by atoms with E-state index in [1.165, 1.54) is 0 Å². The molecule has 1 aromatic heterocycles. The highest BCUT2D eigenvalue weighted by atomic mass is 16.5. The third-order valence-electron chi connectivity index (χ3n) is 2.56. The van der Waals surface area contributed by atoms with Crippen molar-refractivity contribution in [3.05, 3.63) is 48.4 Å². The van der Waals surface area contributed by atoms with E-state index < -0.39 is 6.10 Å². The zero-order valence-electron chi connectivity index (χ0n) is 10.6. The summed E-state index contributed by atoms with van der Waals surface area (Å²) in [5, 5.41) is 2.73. The van der Waals surface area contributed by atoms with Crippen molar-refractivity contribution < 1.29 is 13.9 Å². The lowest BCUT2D eigenvalue weighted by molar-refractivity contribution is -0.127. The van der Waals surface area contributed by atoms with Gasteiger partial charge in [-0.3, -0.25) is 4.79 Å². The Morgan fingerprint density at radius 3 is 2.95 bits per heavy atom. The number of hydrogen-bond acceptors (Lipinski definition) is 4. The second kappa shape index (κ2) is 5.95. The van der Waals surface area contributed by atoms with Gasteiger partial charge in [-0.2, -0.15) is 0 Å². The summed E-state index contributed by atoms with van der Waals surface area (Å²) in [7, 11) is 0. The van der Waals surface area contributed by atoms with Crippen LogP contribution in [0.2, 0.25) is 0 Å². The summed E-state index contributed by atoms with van der Waals surface area (Å²) < 4.78 is 10.6.